The molecule has 1 aliphatic rings. The number of benzene rings is 3. The second-order valence-electron chi connectivity index (χ2n) is 13.5. The van der Waals surface area contributed by atoms with Crippen molar-refractivity contribution >= 4 is 27.7 Å². The van der Waals surface area contributed by atoms with Gasteiger partial charge in [-0.2, -0.15) is 4.31 Å². The van der Waals surface area contributed by atoms with E-state index >= 15 is 0 Å². The van der Waals surface area contributed by atoms with Crippen molar-refractivity contribution in [1.29, 1.82) is 0 Å². The highest BCUT2D eigenvalue weighted by molar-refractivity contribution is 7.89. The van der Waals surface area contributed by atoms with Crippen molar-refractivity contribution in [2.24, 2.45) is 11.7 Å². The minimum absolute atomic E-state index is 0.110. The van der Waals surface area contributed by atoms with Crippen molar-refractivity contribution in [2.75, 3.05) is 26.0 Å². The maximum absolute atomic E-state index is 14.5. The van der Waals surface area contributed by atoms with Crippen molar-refractivity contribution in [3.8, 4) is 0 Å². The molecule has 3 aromatic rings. The maximum Gasteiger partial charge on any atom is 0.416 e. The first-order chi connectivity index (χ1) is 23.4. The zero-order chi connectivity index (χ0) is 35.6. The van der Waals surface area contributed by atoms with Gasteiger partial charge < -0.3 is 21.3 Å². The predicted molar refractivity (Wildman–Crippen MR) is 192 cm³/mol. The number of nitrogen functional groups attached to an aromatic ring is 1. The first-order valence-corrected chi connectivity index (χ1v) is 18.6. The lowest BCUT2D eigenvalue weighted by Crippen LogP contribution is -2.59. The van der Waals surface area contributed by atoms with Crippen LogP contribution < -0.4 is 11.5 Å². The van der Waals surface area contributed by atoms with Crippen LogP contribution in [0.2, 0.25) is 0 Å². The molecule has 11 heteroatoms. The normalized spacial score (nSPS) is 15.8. The molecule has 0 bridgehead atoms. The number of aliphatic hydroxyl groups is 1. The fourth-order valence-corrected chi connectivity index (χ4v) is 8.76. The molecule has 0 saturated heterocycles. The topological polar surface area (TPSA) is 156 Å². The lowest BCUT2D eigenvalue weighted by molar-refractivity contribution is -0.137. The molecular formula is C38H52N4O6S. The summed E-state index contributed by atoms with van der Waals surface area (Å²) in [5.74, 6) is -0.786. The quantitative estimate of drug-likeness (QED) is 0.157. The van der Waals surface area contributed by atoms with Gasteiger partial charge in [-0.05, 0) is 79.8 Å². The van der Waals surface area contributed by atoms with Gasteiger partial charge in [0, 0.05) is 24.2 Å². The molecule has 2 atom stereocenters. The van der Waals surface area contributed by atoms with Crippen molar-refractivity contribution in [2.45, 2.75) is 93.7 Å². The average molecular weight is 693 g/mol. The van der Waals surface area contributed by atoms with E-state index in [1.54, 1.807) is 12.1 Å². The number of methoxy groups -OCH3 is 1. The van der Waals surface area contributed by atoms with Crippen LogP contribution >= 0.6 is 0 Å². The third-order valence-corrected chi connectivity index (χ3v) is 11.7. The van der Waals surface area contributed by atoms with E-state index in [-0.39, 0.29) is 24.0 Å². The third kappa shape index (κ3) is 9.08. The summed E-state index contributed by atoms with van der Waals surface area (Å²) in [5.41, 5.74) is 14.0. The van der Waals surface area contributed by atoms with E-state index in [1.807, 2.05) is 74.5 Å². The van der Waals surface area contributed by atoms with Crippen LogP contribution in [0.15, 0.2) is 89.8 Å². The van der Waals surface area contributed by atoms with Crippen LogP contribution in [-0.2, 0) is 19.6 Å². The smallest absolute Gasteiger partial charge is 0.416 e. The molecule has 5 N–H and O–H groups in total. The van der Waals surface area contributed by atoms with E-state index in [9.17, 15) is 23.1 Å². The molecule has 1 fully saturated rings. The number of sulfonamides is 1. The Morgan fingerprint density at radius 3 is 1.94 bits per heavy atom. The average Bonchev–Trinajstić information content (AvgIpc) is 3.57. The van der Waals surface area contributed by atoms with Crippen LogP contribution in [0.4, 0.5) is 10.5 Å². The van der Waals surface area contributed by atoms with E-state index < -0.39 is 45.6 Å². The van der Waals surface area contributed by atoms with Gasteiger partial charge in [0.2, 0.25) is 15.9 Å². The third-order valence-electron chi connectivity index (χ3n) is 9.76. The molecule has 266 valence electrons. The van der Waals surface area contributed by atoms with Gasteiger partial charge in [-0.25, -0.2) is 18.1 Å². The lowest BCUT2D eigenvalue weighted by atomic mass is 9.82. The van der Waals surface area contributed by atoms with Gasteiger partial charge in [0.25, 0.3) is 0 Å². The number of nitrogens with two attached hydrogens (primary N) is 2. The Morgan fingerprint density at radius 2 is 1.45 bits per heavy atom. The highest BCUT2D eigenvalue weighted by Gasteiger charge is 2.48. The van der Waals surface area contributed by atoms with E-state index in [0.717, 1.165) is 24.0 Å². The van der Waals surface area contributed by atoms with Crippen LogP contribution in [0, 0.1) is 5.92 Å². The number of imide groups is 1. The Hall–Kier alpha value is -3.77. The zero-order valence-electron chi connectivity index (χ0n) is 28.9. The second kappa shape index (κ2) is 17.2. The molecule has 0 heterocycles. The number of hydrogen-bond donors (Lipinski definition) is 3. The fraction of sp³-hybridized carbons (Fsp3) is 0.474. The largest absolute Gasteiger partial charge is 0.452 e. The molecule has 49 heavy (non-hydrogen) atoms. The molecule has 1 aliphatic carbocycles. The number of hydrogen-bond acceptors (Lipinski definition) is 8. The minimum atomic E-state index is -3.95. The summed E-state index contributed by atoms with van der Waals surface area (Å²) in [6, 6.07) is 23.4. The van der Waals surface area contributed by atoms with Crippen molar-refractivity contribution < 1.29 is 27.9 Å². The van der Waals surface area contributed by atoms with Gasteiger partial charge in [0.1, 0.15) is 0 Å². The molecule has 2 amide bonds. The summed E-state index contributed by atoms with van der Waals surface area (Å²) in [6.07, 6.45) is 3.83. The summed E-state index contributed by atoms with van der Waals surface area (Å²) in [5, 5.41) is 10.6. The number of carbonyl (C=O) groups is 2. The molecule has 0 radical (unpaired) electrons. The van der Waals surface area contributed by atoms with Gasteiger partial charge in [0.05, 0.1) is 30.2 Å². The molecule has 0 aromatic heterocycles. The Morgan fingerprint density at radius 1 is 0.898 bits per heavy atom. The maximum atomic E-state index is 14.5. The van der Waals surface area contributed by atoms with E-state index in [0.29, 0.717) is 44.2 Å². The number of carbonyl (C=O) groups excluding carboxylic acids is 2. The Balaban J connectivity index is 1.62. The summed E-state index contributed by atoms with van der Waals surface area (Å²) in [4.78, 5) is 29.4. The lowest BCUT2D eigenvalue weighted by Gasteiger charge is -2.41. The monoisotopic (exact) mass is 692 g/mol. The number of ether oxygens (including phenoxy) is 1. The highest BCUT2D eigenvalue weighted by atomic mass is 32.2. The zero-order valence-corrected chi connectivity index (χ0v) is 29.7. The molecule has 0 unspecified atom stereocenters. The van der Waals surface area contributed by atoms with Crippen molar-refractivity contribution in [3.05, 3.63) is 96.1 Å². The van der Waals surface area contributed by atoms with E-state index in [2.05, 4.69) is 0 Å². The standard InChI is InChI=1S/C38H52N4O6S/c1-28(2)22-26-41(49(46,47)33-20-18-31(39)19-21-33)32(27-43)17-12-25-38(23-10-11-24-38)42(37(45)48-3)36(44)35(40)34(29-13-6-4-7-14-29)30-15-8-5-9-16-30/h4-9,13-16,18-21,28,32,34-35,43H,10-12,17,22-27,39-40H2,1-3H3/t32-,35-/m0/s1. The number of aliphatic hydroxyl groups excluding tert-OH is 1. The Labute approximate surface area is 291 Å². The number of amides is 2. The van der Waals surface area contributed by atoms with Crippen LogP contribution in [0.3, 0.4) is 0 Å². The van der Waals surface area contributed by atoms with Crippen molar-refractivity contribution in [3.63, 3.8) is 0 Å². The minimum Gasteiger partial charge on any atom is -0.452 e. The number of nitrogens with zero attached hydrogens (tertiary/aromatic N) is 2. The van der Waals surface area contributed by atoms with E-state index in [1.165, 1.54) is 28.4 Å². The molecular weight excluding hydrogens is 641 g/mol. The van der Waals surface area contributed by atoms with Crippen LogP contribution in [0.5, 0.6) is 0 Å². The molecule has 3 aromatic carbocycles. The SMILES string of the molecule is COC(=O)N(C(=O)[C@@H](N)C(c1ccccc1)c1ccccc1)C1(CCC[C@@H](CO)N(CCC(C)C)S(=O)(=O)c2ccc(N)cc2)CCCC1. The summed E-state index contributed by atoms with van der Waals surface area (Å²) in [6.45, 7) is 3.91. The van der Waals surface area contributed by atoms with Gasteiger partial charge in [-0.1, -0.05) is 87.4 Å². The predicted octanol–water partition coefficient (Wildman–Crippen LogP) is 5.90. The van der Waals surface area contributed by atoms with Gasteiger partial charge >= 0.3 is 6.09 Å². The Kier molecular flexibility index (Phi) is 13.4. The van der Waals surface area contributed by atoms with Gasteiger partial charge in [-0.3, -0.25) is 4.79 Å². The second-order valence-corrected chi connectivity index (χ2v) is 15.4. The van der Waals surface area contributed by atoms with Gasteiger partial charge in [-0.15, -0.1) is 0 Å². The first-order valence-electron chi connectivity index (χ1n) is 17.2. The molecule has 1 saturated carbocycles. The summed E-state index contributed by atoms with van der Waals surface area (Å²) in [7, 11) is -2.68. The molecule has 10 nitrogen and oxygen atoms in total. The molecule has 4 rings (SSSR count). The fourth-order valence-electron chi connectivity index (χ4n) is 7.10. The van der Waals surface area contributed by atoms with E-state index in [4.69, 9.17) is 16.2 Å². The molecule has 0 spiro atoms. The summed E-state index contributed by atoms with van der Waals surface area (Å²) < 4.78 is 34.4. The number of anilines is 1. The van der Waals surface area contributed by atoms with Crippen LogP contribution in [0.1, 0.15) is 82.3 Å². The highest BCUT2D eigenvalue weighted by Crippen LogP contribution is 2.42. The summed E-state index contributed by atoms with van der Waals surface area (Å²) >= 11 is 0. The first kappa shape index (κ1) is 38.0. The number of rotatable bonds is 16. The Bertz CT molecular complexity index is 1560. The van der Waals surface area contributed by atoms with Crippen LogP contribution in [-0.4, -0.2) is 72.6 Å². The van der Waals surface area contributed by atoms with Gasteiger partial charge in [0.15, 0.2) is 0 Å². The molecule has 0 aliphatic heterocycles. The van der Waals surface area contributed by atoms with Crippen LogP contribution in [0.25, 0.3) is 0 Å². The van der Waals surface area contributed by atoms with Crippen molar-refractivity contribution in [1.82, 2.24) is 9.21 Å².